The Morgan fingerprint density at radius 1 is 0.551 bits per heavy atom. The number of fused-ring (bicyclic) bond motifs is 3. The van der Waals surface area contributed by atoms with Gasteiger partial charge in [-0.15, -0.1) is 0 Å². The first-order valence-electron chi connectivity index (χ1n) is 16.3. The maximum absolute atomic E-state index is 7.84. The molecule has 0 saturated carbocycles. The van der Waals surface area contributed by atoms with E-state index < -0.39 is 0 Å². The van der Waals surface area contributed by atoms with E-state index in [1.165, 1.54) is 45.2 Å². The van der Waals surface area contributed by atoms with E-state index in [-0.39, 0.29) is 0 Å². The number of aryl methyl sites for hydroxylation is 1. The van der Waals surface area contributed by atoms with Crippen molar-refractivity contribution >= 4 is 34.9 Å². The van der Waals surface area contributed by atoms with Crippen LogP contribution in [0.25, 0.3) is 55.3 Å². The van der Waals surface area contributed by atoms with Crippen LogP contribution in [0, 0.1) is 12.3 Å². The molecule has 49 heavy (non-hydrogen) atoms. The third-order valence-electron chi connectivity index (χ3n) is 8.28. The molecule has 7 aromatic carbocycles. The topological polar surface area (TPSA) is 49.4 Å². The van der Waals surface area contributed by atoms with Crippen molar-refractivity contribution in [1.82, 2.24) is 0 Å². The van der Waals surface area contributed by atoms with Crippen molar-refractivity contribution in [3.05, 3.63) is 193 Å². The molecule has 0 amide bonds. The highest BCUT2D eigenvalue weighted by molar-refractivity contribution is 6.13. The van der Waals surface area contributed by atoms with Crippen LogP contribution >= 0.6 is 0 Å². The molecule has 0 unspecified atom stereocenters. The van der Waals surface area contributed by atoms with Crippen LogP contribution in [0.15, 0.2) is 185 Å². The van der Waals surface area contributed by atoms with Gasteiger partial charge in [0, 0.05) is 22.6 Å². The average Bonchev–Trinajstić information content (AvgIpc) is 3.55. The minimum Gasteiger partial charge on any atom is -0.456 e. The summed E-state index contributed by atoms with van der Waals surface area (Å²) in [7, 11) is 0. The molecule has 1 heterocycles. The summed E-state index contributed by atoms with van der Waals surface area (Å²) in [5.74, 6) is 0. The third kappa shape index (κ3) is 7.98. The minimum absolute atomic E-state index is 0.723. The predicted octanol–water partition coefficient (Wildman–Crippen LogP) is 12.5. The number of furan rings is 1. The fraction of sp³-hybridized carbons (Fsp3) is 0.0435. The lowest BCUT2D eigenvalue weighted by atomic mass is 9.90. The summed E-state index contributed by atoms with van der Waals surface area (Å²) in [6.45, 7) is 6.21. The first-order chi connectivity index (χ1) is 24.1. The quantitative estimate of drug-likeness (QED) is 0.182. The van der Waals surface area contributed by atoms with Crippen LogP contribution in [0.4, 0.5) is 0 Å². The van der Waals surface area contributed by atoms with E-state index in [4.69, 9.17) is 9.83 Å². The summed E-state index contributed by atoms with van der Waals surface area (Å²) in [6, 6.07) is 60.2. The molecule has 0 fully saturated rings. The molecule has 3 heteroatoms. The van der Waals surface area contributed by atoms with E-state index in [9.17, 15) is 0 Å². The Morgan fingerprint density at radius 3 is 1.78 bits per heavy atom. The van der Waals surface area contributed by atoms with Crippen molar-refractivity contribution in [2.24, 2.45) is 4.99 Å². The van der Waals surface area contributed by atoms with E-state index in [1.807, 2.05) is 84.9 Å². The Hall–Kier alpha value is -6.32. The van der Waals surface area contributed by atoms with Crippen molar-refractivity contribution in [1.29, 1.82) is 5.41 Å². The lowest BCUT2D eigenvalue weighted by Crippen LogP contribution is -1.88. The van der Waals surface area contributed by atoms with E-state index in [0.29, 0.717) is 0 Å². The summed E-state index contributed by atoms with van der Waals surface area (Å²) in [6.07, 6.45) is 1.40. The zero-order chi connectivity index (χ0) is 33.8. The molecule has 0 atom stereocenters. The number of hydrogen-bond donors (Lipinski definition) is 1. The third-order valence-corrected chi connectivity index (χ3v) is 8.28. The largest absolute Gasteiger partial charge is 0.456 e. The molecule has 8 rings (SSSR count). The molecule has 0 radical (unpaired) electrons. The van der Waals surface area contributed by atoms with E-state index in [0.717, 1.165) is 39.6 Å². The fourth-order valence-corrected chi connectivity index (χ4v) is 5.85. The fourth-order valence-electron chi connectivity index (χ4n) is 5.85. The van der Waals surface area contributed by atoms with Gasteiger partial charge in [0.05, 0.1) is 6.54 Å². The molecule has 8 aromatic rings. The van der Waals surface area contributed by atoms with Crippen molar-refractivity contribution < 1.29 is 4.42 Å². The summed E-state index contributed by atoms with van der Waals surface area (Å²) in [5, 5.41) is 9.87. The highest BCUT2D eigenvalue weighted by atomic mass is 16.3. The highest BCUT2D eigenvalue weighted by Crippen LogP contribution is 2.39. The minimum atomic E-state index is 0.723. The zero-order valence-electron chi connectivity index (χ0n) is 27.6. The first-order valence-corrected chi connectivity index (χ1v) is 16.3. The van der Waals surface area contributed by atoms with Gasteiger partial charge < -0.3 is 9.83 Å². The Morgan fingerprint density at radius 2 is 1.16 bits per heavy atom. The van der Waals surface area contributed by atoms with Gasteiger partial charge in [-0.1, -0.05) is 157 Å². The number of aliphatic imine (C=N–C) groups is 1. The van der Waals surface area contributed by atoms with Crippen molar-refractivity contribution in [2.75, 3.05) is 0 Å². The molecule has 0 spiro atoms. The van der Waals surface area contributed by atoms with Crippen molar-refractivity contribution in [3.63, 3.8) is 0 Å². The van der Waals surface area contributed by atoms with Gasteiger partial charge in [0.15, 0.2) is 0 Å². The molecular formula is C46H38N2O. The monoisotopic (exact) mass is 634 g/mol. The van der Waals surface area contributed by atoms with Crippen molar-refractivity contribution in [2.45, 2.75) is 13.5 Å². The van der Waals surface area contributed by atoms with Gasteiger partial charge in [0.2, 0.25) is 0 Å². The lowest BCUT2D eigenvalue weighted by molar-refractivity contribution is 0.669. The smallest absolute Gasteiger partial charge is 0.136 e. The Balaban J connectivity index is 0.000000213. The molecule has 0 bridgehead atoms. The van der Waals surface area contributed by atoms with Gasteiger partial charge >= 0.3 is 0 Å². The summed E-state index contributed by atoms with van der Waals surface area (Å²) < 4.78 is 6.07. The Kier molecular flexibility index (Phi) is 10.6. The van der Waals surface area contributed by atoms with Crippen LogP contribution in [0.3, 0.4) is 0 Å². The van der Waals surface area contributed by atoms with Crippen LogP contribution in [0.5, 0.6) is 0 Å². The molecule has 1 aromatic heterocycles. The van der Waals surface area contributed by atoms with Crippen LogP contribution in [0.2, 0.25) is 0 Å². The average molecular weight is 635 g/mol. The van der Waals surface area contributed by atoms with Gasteiger partial charge in [-0.25, -0.2) is 0 Å². The van der Waals surface area contributed by atoms with Crippen LogP contribution in [-0.2, 0) is 6.54 Å². The normalized spacial score (nSPS) is 10.4. The lowest BCUT2D eigenvalue weighted by Gasteiger charge is -2.13. The predicted molar refractivity (Wildman–Crippen MR) is 209 cm³/mol. The van der Waals surface area contributed by atoms with Gasteiger partial charge in [-0.3, -0.25) is 4.99 Å². The van der Waals surface area contributed by atoms with Gasteiger partial charge in [-0.2, -0.15) is 0 Å². The second-order valence-electron chi connectivity index (χ2n) is 11.7. The molecule has 0 saturated heterocycles. The number of nitrogens with zero attached hydrogens (tertiary/aromatic N) is 1. The van der Waals surface area contributed by atoms with Crippen LogP contribution in [-0.4, -0.2) is 12.9 Å². The summed E-state index contributed by atoms with van der Waals surface area (Å²) >= 11 is 0. The first kappa shape index (κ1) is 32.6. The van der Waals surface area contributed by atoms with Crippen LogP contribution < -0.4 is 0 Å². The number of nitrogens with one attached hydrogen (secondary N) is 1. The van der Waals surface area contributed by atoms with E-state index >= 15 is 0 Å². The Bertz CT molecular complexity index is 2270. The zero-order valence-corrected chi connectivity index (χ0v) is 27.6. The van der Waals surface area contributed by atoms with Gasteiger partial charge in [-0.05, 0) is 76.9 Å². The molecule has 238 valence electrons. The van der Waals surface area contributed by atoms with E-state index in [2.05, 4.69) is 110 Å². The second kappa shape index (κ2) is 16.0. The van der Waals surface area contributed by atoms with E-state index in [1.54, 1.807) is 0 Å². The maximum Gasteiger partial charge on any atom is 0.136 e. The molecule has 0 aliphatic heterocycles. The van der Waals surface area contributed by atoms with Gasteiger partial charge in [0.25, 0.3) is 0 Å². The van der Waals surface area contributed by atoms with Crippen LogP contribution in [0.1, 0.15) is 16.7 Å². The maximum atomic E-state index is 7.84. The summed E-state index contributed by atoms with van der Waals surface area (Å²) in [5.41, 5.74) is 12.1. The molecular weight excluding hydrogens is 597 g/mol. The van der Waals surface area contributed by atoms with Gasteiger partial charge in [0.1, 0.15) is 11.2 Å². The number of rotatable bonds is 6. The SMILES string of the molecule is C=NCc1ccccc1.Cc1ccccc1.N=Cc1cccc2oc3ccc(-c4ccc(-c5ccccc5)cc4-c4ccccc4)cc3c12. The second-order valence-corrected chi connectivity index (χ2v) is 11.7. The molecule has 0 aliphatic carbocycles. The van der Waals surface area contributed by atoms with Crippen molar-refractivity contribution in [3.8, 4) is 33.4 Å². The summed E-state index contributed by atoms with van der Waals surface area (Å²) in [4.78, 5) is 3.76. The number of hydrogen-bond acceptors (Lipinski definition) is 3. The molecule has 0 aliphatic rings. The molecule has 3 nitrogen and oxygen atoms in total. The highest BCUT2D eigenvalue weighted by Gasteiger charge is 2.14. The standard InChI is InChI=1S/C31H21NO.C8H9N.C7H8/c32-20-25-12-7-13-30-31(25)28-19-24(15-17-29(28)33-30)26-16-14-23(21-8-3-1-4-9-21)18-27(26)22-10-5-2-6-11-22;1-9-7-8-5-3-2-4-6-8;1-7-5-3-2-4-6-7/h1-20,32H;2-6H,1,7H2;2-6H,1H3. The Labute approximate surface area is 288 Å². The molecule has 1 N–H and O–H groups in total. The number of benzene rings is 7.